The van der Waals surface area contributed by atoms with Crippen molar-refractivity contribution in [2.24, 2.45) is 17.8 Å². The number of rotatable bonds is 5. The van der Waals surface area contributed by atoms with Gasteiger partial charge in [0.15, 0.2) is 0 Å². The molecule has 0 N–H and O–H groups in total. The standard InChI is InChI=1S/C18H31NO2/c1-4-17(18(20)19-9-11-21-12-10-19)16-7-5-15(6-8-16)13-14(2)3/h7,14-15,17H,4-6,8-13H2,1-3H3/t15-,17-/m1/s1. The molecule has 2 rings (SSSR count). The number of hydrogen-bond donors (Lipinski definition) is 0. The quantitative estimate of drug-likeness (QED) is 0.724. The normalized spacial score (nSPS) is 24.9. The largest absolute Gasteiger partial charge is 0.378 e. The van der Waals surface area contributed by atoms with Gasteiger partial charge in [-0.05, 0) is 43.9 Å². The van der Waals surface area contributed by atoms with Gasteiger partial charge in [0.05, 0.1) is 19.1 Å². The Labute approximate surface area is 129 Å². The second-order valence-electron chi connectivity index (χ2n) is 6.95. The molecule has 2 aliphatic rings. The highest BCUT2D eigenvalue weighted by Crippen LogP contribution is 2.33. The molecule has 0 aromatic heterocycles. The molecule has 120 valence electrons. The molecule has 0 aromatic carbocycles. The lowest BCUT2D eigenvalue weighted by molar-refractivity contribution is -0.138. The number of nitrogens with zero attached hydrogens (tertiary/aromatic N) is 1. The Morgan fingerprint density at radius 1 is 1.38 bits per heavy atom. The minimum Gasteiger partial charge on any atom is -0.378 e. The van der Waals surface area contributed by atoms with Crippen molar-refractivity contribution in [3.63, 3.8) is 0 Å². The lowest BCUT2D eigenvalue weighted by Crippen LogP contribution is -2.44. The molecule has 0 aromatic rings. The van der Waals surface area contributed by atoms with Crippen LogP contribution >= 0.6 is 0 Å². The Bertz CT molecular complexity index is 369. The summed E-state index contributed by atoms with van der Waals surface area (Å²) >= 11 is 0. The van der Waals surface area contributed by atoms with Crippen LogP contribution in [0.4, 0.5) is 0 Å². The fourth-order valence-corrected chi connectivity index (χ4v) is 3.71. The molecule has 2 atom stereocenters. The number of ether oxygens (including phenoxy) is 1. The zero-order chi connectivity index (χ0) is 15.2. The number of carbonyl (C=O) groups is 1. The topological polar surface area (TPSA) is 29.5 Å². The first-order chi connectivity index (χ1) is 10.1. The maximum absolute atomic E-state index is 12.7. The smallest absolute Gasteiger partial charge is 0.229 e. The van der Waals surface area contributed by atoms with Crippen molar-refractivity contribution in [2.75, 3.05) is 26.3 Å². The van der Waals surface area contributed by atoms with Crippen molar-refractivity contribution in [3.8, 4) is 0 Å². The zero-order valence-electron chi connectivity index (χ0n) is 13.9. The number of hydrogen-bond acceptors (Lipinski definition) is 2. The molecular formula is C18H31NO2. The molecular weight excluding hydrogens is 262 g/mol. The van der Waals surface area contributed by atoms with Crippen LogP contribution in [0.15, 0.2) is 11.6 Å². The predicted octanol–water partition coefficient (Wildman–Crippen LogP) is 3.64. The van der Waals surface area contributed by atoms with Gasteiger partial charge in [0.25, 0.3) is 0 Å². The van der Waals surface area contributed by atoms with Gasteiger partial charge >= 0.3 is 0 Å². The minimum absolute atomic E-state index is 0.114. The highest BCUT2D eigenvalue weighted by molar-refractivity contribution is 5.81. The number of allylic oxidation sites excluding steroid dienone is 1. The van der Waals surface area contributed by atoms with Crippen LogP contribution < -0.4 is 0 Å². The van der Waals surface area contributed by atoms with Crippen LogP contribution in [0.3, 0.4) is 0 Å². The van der Waals surface area contributed by atoms with Gasteiger partial charge in [0.2, 0.25) is 5.91 Å². The summed E-state index contributed by atoms with van der Waals surface area (Å²) in [6, 6.07) is 0. The number of amides is 1. The van der Waals surface area contributed by atoms with Crippen LogP contribution in [-0.2, 0) is 9.53 Å². The van der Waals surface area contributed by atoms with Gasteiger partial charge < -0.3 is 9.64 Å². The van der Waals surface area contributed by atoms with Gasteiger partial charge in [-0.2, -0.15) is 0 Å². The van der Waals surface area contributed by atoms with Crippen molar-refractivity contribution < 1.29 is 9.53 Å². The third-order valence-corrected chi connectivity index (χ3v) is 4.84. The molecule has 0 bridgehead atoms. The summed E-state index contributed by atoms with van der Waals surface area (Å²) in [5.41, 5.74) is 1.40. The molecule has 1 fully saturated rings. The van der Waals surface area contributed by atoms with Gasteiger partial charge in [0.1, 0.15) is 0 Å². The summed E-state index contributed by atoms with van der Waals surface area (Å²) in [7, 11) is 0. The molecule has 0 saturated carbocycles. The summed E-state index contributed by atoms with van der Waals surface area (Å²) < 4.78 is 5.35. The van der Waals surface area contributed by atoms with Gasteiger partial charge in [-0.15, -0.1) is 0 Å². The molecule has 1 saturated heterocycles. The Morgan fingerprint density at radius 3 is 2.62 bits per heavy atom. The van der Waals surface area contributed by atoms with Crippen molar-refractivity contribution in [2.45, 2.75) is 52.9 Å². The summed E-state index contributed by atoms with van der Waals surface area (Å²) in [4.78, 5) is 14.7. The fraction of sp³-hybridized carbons (Fsp3) is 0.833. The van der Waals surface area contributed by atoms with Gasteiger partial charge in [-0.1, -0.05) is 32.4 Å². The van der Waals surface area contributed by atoms with E-state index in [2.05, 4.69) is 26.8 Å². The van der Waals surface area contributed by atoms with Crippen LogP contribution in [0.5, 0.6) is 0 Å². The summed E-state index contributed by atoms with van der Waals surface area (Å²) in [5.74, 6) is 2.05. The first-order valence-corrected chi connectivity index (χ1v) is 8.67. The molecule has 1 aliphatic heterocycles. The lowest BCUT2D eigenvalue weighted by Gasteiger charge is -2.33. The van der Waals surface area contributed by atoms with Crippen LogP contribution in [0.2, 0.25) is 0 Å². The molecule has 3 nitrogen and oxygen atoms in total. The first kappa shape index (κ1) is 16.5. The third kappa shape index (κ3) is 4.57. The Hall–Kier alpha value is -0.830. The van der Waals surface area contributed by atoms with Gasteiger partial charge in [0, 0.05) is 13.1 Å². The molecule has 3 heteroatoms. The Kier molecular flexibility index (Phi) is 6.28. The van der Waals surface area contributed by atoms with E-state index < -0.39 is 0 Å². The van der Waals surface area contributed by atoms with E-state index in [1.807, 2.05) is 4.90 Å². The number of morpholine rings is 1. The van der Waals surface area contributed by atoms with E-state index in [-0.39, 0.29) is 5.92 Å². The molecule has 1 amide bonds. The average molecular weight is 293 g/mol. The summed E-state index contributed by atoms with van der Waals surface area (Å²) in [6.07, 6.45) is 8.17. The SMILES string of the molecule is CC[C@@H](C(=O)N1CCOCC1)C1=CC[C@@H](CC(C)C)CC1. The molecule has 1 aliphatic carbocycles. The van der Waals surface area contributed by atoms with Crippen LogP contribution in [0, 0.1) is 17.8 Å². The minimum atomic E-state index is 0.114. The zero-order valence-corrected chi connectivity index (χ0v) is 13.9. The first-order valence-electron chi connectivity index (χ1n) is 8.67. The van der Waals surface area contributed by atoms with E-state index >= 15 is 0 Å². The van der Waals surface area contributed by atoms with Crippen LogP contribution in [0.1, 0.15) is 52.9 Å². The van der Waals surface area contributed by atoms with Crippen molar-refractivity contribution in [3.05, 3.63) is 11.6 Å². The molecule has 0 radical (unpaired) electrons. The van der Waals surface area contributed by atoms with E-state index in [1.54, 1.807) is 0 Å². The highest BCUT2D eigenvalue weighted by atomic mass is 16.5. The van der Waals surface area contributed by atoms with Crippen molar-refractivity contribution in [1.29, 1.82) is 0 Å². The van der Waals surface area contributed by atoms with Crippen LogP contribution in [-0.4, -0.2) is 37.1 Å². The third-order valence-electron chi connectivity index (χ3n) is 4.84. The van der Waals surface area contributed by atoms with Crippen molar-refractivity contribution >= 4 is 5.91 Å². The fourth-order valence-electron chi connectivity index (χ4n) is 3.71. The second-order valence-corrected chi connectivity index (χ2v) is 6.95. The Morgan fingerprint density at radius 2 is 2.10 bits per heavy atom. The van der Waals surface area contributed by atoms with E-state index in [1.165, 1.54) is 24.8 Å². The monoisotopic (exact) mass is 293 g/mol. The predicted molar refractivity (Wildman–Crippen MR) is 86.1 cm³/mol. The molecule has 1 heterocycles. The molecule has 0 spiro atoms. The molecule has 0 unspecified atom stereocenters. The average Bonchev–Trinajstić information content (AvgIpc) is 2.50. The van der Waals surface area contributed by atoms with E-state index in [4.69, 9.17) is 4.74 Å². The van der Waals surface area contributed by atoms with Crippen LogP contribution in [0.25, 0.3) is 0 Å². The highest BCUT2D eigenvalue weighted by Gasteiger charge is 2.29. The Balaban J connectivity index is 1.94. The van der Waals surface area contributed by atoms with E-state index in [9.17, 15) is 4.79 Å². The summed E-state index contributed by atoms with van der Waals surface area (Å²) in [6.45, 7) is 9.66. The number of carbonyl (C=O) groups excluding carboxylic acids is 1. The maximum Gasteiger partial charge on any atom is 0.229 e. The van der Waals surface area contributed by atoms with E-state index in [0.29, 0.717) is 19.1 Å². The maximum atomic E-state index is 12.7. The molecule has 21 heavy (non-hydrogen) atoms. The second kappa shape index (κ2) is 7.98. The van der Waals surface area contributed by atoms with Gasteiger partial charge in [-0.3, -0.25) is 4.79 Å². The van der Waals surface area contributed by atoms with E-state index in [0.717, 1.165) is 37.8 Å². The van der Waals surface area contributed by atoms with Gasteiger partial charge in [-0.25, -0.2) is 0 Å². The van der Waals surface area contributed by atoms with Crippen molar-refractivity contribution in [1.82, 2.24) is 4.90 Å². The summed E-state index contributed by atoms with van der Waals surface area (Å²) in [5, 5.41) is 0. The lowest BCUT2D eigenvalue weighted by atomic mass is 9.79.